The van der Waals surface area contributed by atoms with Gasteiger partial charge in [0.05, 0.1) is 12.0 Å². The molecule has 4 heteroatoms. The number of imidazole rings is 1. The maximum atomic E-state index is 11.9. The zero-order valence-electron chi connectivity index (χ0n) is 20.0. The molecule has 0 aliphatic heterocycles. The van der Waals surface area contributed by atoms with Crippen molar-refractivity contribution < 1.29 is 5.11 Å². The van der Waals surface area contributed by atoms with Gasteiger partial charge in [-0.3, -0.25) is 0 Å². The first-order valence-electron chi connectivity index (χ1n) is 12.0. The molecule has 1 N–H and O–H groups in total. The first kappa shape index (κ1) is 22.5. The molecule has 0 amide bonds. The summed E-state index contributed by atoms with van der Waals surface area (Å²) in [6.45, 7) is 1.84. The van der Waals surface area contributed by atoms with Crippen LogP contribution in [0.25, 0.3) is 10.1 Å². The lowest BCUT2D eigenvalue weighted by Gasteiger charge is -2.37. The van der Waals surface area contributed by atoms with Crippen LogP contribution >= 0.6 is 11.3 Å². The smallest absolute Gasteiger partial charge is 0.132 e. The van der Waals surface area contributed by atoms with Gasteiger partial charge in [-0.2, -0.15) is 0 Å². The molecule has 0 aliphatic rings. The topological polar surface area (TPSA) is 38.0 Å². The quantitative estimate of drug-likeness (QED) is 0.253. The minimum Gasteiger partial charge on any atom is -0.379 e. The molecule has 0 bridgehead atoms. The number of hydrogen-bond acceptors (Lipinski definition) is 3. The highest BCUT2D eigenvalue weighted by molar-refractivity contribution is 7.17. The van der Waals surface area contributed by atoms with Gasteiger partial charge in [0.25, 0.3) is 0 Å². The van der Waals surface area contributed by atoms with E-state index in [-0.39, 0.29) is 0 Å². The zero-order chi connectivity index (χ0) is 24.6. The van der Waals surface area contributed by atoms with Crippen molar-refractivity contribution in [2.24, 2.45) is 0 Å². The SMILES string of the molecule is CC(O)(c1cn(C(c2ccccc2)(c2ccccc2)c2ccccc2)cn1)c1cccc2ccsc12. The standard InChI is InChI=1S/C32H26N2OS/c1-31(35,28-19-11-12-24-20-21-36-30(24)28)29-22-34(23-33-29)32(25-13-5-2-6-14-25,26-15-7-3-8-16-26)27-17-9-4-10-18-27/h2-23,35H,1H3. The molecule has 1 unspecified atom stereocenters. The molecule has 0 saturated heterocycles. The Hall–Kier alpha value is -3.99. The van der Waals surface area contributed by atoms with E-state index in [2.05, 4.69) is 94.9 Å². The number of aromatic nitrogens is 2. The molecular formula is C32H26N2OS. The summed E-state index contributed by atoms with van der Waals surface area (Å²) in [6, 6.07) is 39.6. The Balaban J connectivity index is 1.61. The number of rotatable bonds is 6. The van der Waals surface area contributed by atoms with Gasteiger partial charge in [-0.25, -0.2) is 4.98 Å². The molecule has 36 heavy (non-hydrogen) atoms. The van der Waals surface area contributed by atoms with Gasteiger partial charge in [-0.15, -0.1) is 11.3 Å². The maximum absolute atomic E-state index is 11.9. The van der Waals surface area contributed by atoms with E-state index in [1.165, 1.54) is 0 Å². The zero-order valence-corrected chi connectivity index (χ0v) is 20.8. The summed E-state index contributed by atoms with van der Waals surface area (Å²) in [5.74, 6) is 0. The van der Waals surface area contributed by atoms with Crippen molar-refractivity contribution in [1.82, 2.24) is 9.55 Å². The molecular weight excluding hydrogens is 460 g/mol. The van der Waals surface area contributed by atoms with Gasteiger partial charge >= 0.3 is 0 Å². The molecule has 1 atom stereocenters. The highest BCUT2D eigenvalue weighted by Gasteiger charge is 2.40. The van der Waals surface area contributed by atoms with E-state index in [4.69, 9.17) is 4.98 Å². The summed E-state index contributed by atoms with van der Waals surface area (Å²) in [4.78, 5) is 4.82. The van der Waals surface area contributed by atoms with Crippen molar-refractivity contribution in [2.45, 2.75) is 18.1 Å². The summed E-state index contributed by atoms with van der Waals surface area (Å²) < 4.78 is 3.23. The van der Waals surface area contributed by atoms with Gasteiger partial charge in [-0.05, 0) is 40.4 Å². The lowest BCUT2D eigenvalue weighted by atomic mass is 9.76. The molecule has 0 spiro atoms. The Morgan fingerprint density at radius 3 is 1.81 bits per heavy atom. The molecule has 176 valence electrons. The lowest BCUT2D eigenvalue weighted by molar-refractivity contribution is 0.0994. The molecule has 6 rings (SSSR count). The summed E-state index contributed by atoms with van der Waals surface area (Å²) in [6.07, 6.45) is 3.85. The molecule has 0 radical (unpaired) electrons. The van der Waals surface area contributed by atoms with Crippen molar-refractivity contribution >= 4 is 21.4 Å². The number of hydrogen-bond donors (Lipinski definition) is 1. The lowest BCUT2D eigenvalue weighted by Crippen LogP contribution is -2.37. The van der Waals surface area contributed by atoms with E-state index >= 15 is 0 Å². The van der Waals surface area contributed by atoms with Crippen LogP contribution in [0.15, 0.2) is 133 Å². The van der Waals surface area contributed by atoms with E-state index in [9.17, 15) is 5.11 Å². The Morgan fingerprint density at radius 2 is 1.25 bits per heavy atom. The number of fused-ring (bicyclic) bond motifs is 1. The first-order valence-corrected chi connectivity index (χ1v) is 12.9. The molecule has 3 nitrogen and oxygen atoms in total. The van der Waals surface area contributed by atoms with Crippen LogP contribution in [0.2, 0.25) is 0 Å². The molecule has 2 heterocycles. The second kappa shape index (κ2) is 8.90. The predicted molar refractivity (Wildman–Crippen MR) is 147 cm³/mol. The van der Waals surface area contributed by atoms with Crippen LogP contribution in [-0.2, 0) is 11.1 Å². The Bertz CT molecular complexity index is 1510. The monoisotopic (exact) mass is 486 g/mol. The Morgan fingerprint density at radius 1 is 0.694 bits per heavy atom. The Kier molecular flexibility index (Phi) is 5.56. The van der Waals surface area contributed by atoms with Crippen LogP contribution < -0.4 is 0 Å². The summed E-state index contributed by atoms with van der Waals surface area (Å²) in [5.41, 5.74) is 2.90. The van der Waals surface area contributed by atoms with E-state index in [0.29, 0.717) is 5.69 Å². The molecule has 0 fully saturated rings. The van der Waals surface area contributed by atoms with E-state index in [0.717, 1.165) is 32.3 Å². The summed E-state index contributed by atoms with van der Waals surface area (Å²) in [7, 11) is 0. The molecule has 6 aromatic rings. The van der Waals surface area contributed by atoms with Gasteiger partial charge in [0.15, 0.2) is 0 Å². The third-order valence-electron chi connectivity index (χ3n) is 7.05. The summed E-state index contributed by atoms with van der Waals surface area (Å²) >= 11 is 1.64. The number of benzene rings is 4. The predicted octanol–water partition coefficient (Wildman–Crippen LogP) is 7.19. The second-order valence-corrected chi connectivity index (χ2v) is 10.1. The maximum Gasteiger partial charge on any atom is 0.132 e. The van der Waals surface area contributed by atoms with Gasteiger partial charge in [0, 0.05) is 16.5 Å². The van der Waals surface area contributed by atoms with Gasteiger partial charge in [0.1, 0.15) is 11.1 Å². The molecule has 0 saturated carbocycles. The fourth-order valence-electron chi connectivity index (χ4n) is 5.26. The highest BCUT2D eigenvalue weighted by Crippen LogP contribution is 2.42. The number of thiophene rings is 1. The van der Waals surface area contributed by atoms with E-state index < -0.39 is 11.1 Å². The van der Waals surface area contributed by atoms with Gasteiger partial charge in [0.2, 0.25) is 0 Å². The molecule has 4 aromatic carbocycles. The van der Waals surface area contributed by atoms with Crippen molar-refractivity contribution in [3.63, 3.8) is 0 Å². The van der Waals surface area contributed by atoms with Gasteiger partial charge in [-0.1, -0.05) is 109 Å². The molecule has 2 aromatic heterocycles. The van der Waals surface area contributed by atoms with Crippen molar-refractivity contribution in [1.29, 1.82) is 0 Å². The van der Waals surface area contributed by atoms with Crippen LogP contribution in [0.5, 0.6) is 0 Å². The van der Waals surface area contributed by atoms with Gasteiger partial charge < -0.3 is 9.67 Å². The summed E-state index contributed by atoms with van der Waals surface area (Å²) in [5, 5.41) is 15.1. The van der Waals surface area contributed by atoms with Crippen molar-refractivity contribution in [3.05, 3.63) is 161 Å². The van der Waals surface area contributed by atoms with Crippen LogP contribution in [0.3, 0.4) is 0 Å². The second-order valence-electron chi connectivity index (χ2n) is 9.19. The van der Waals surface area contributed by atoms with Crippen LogP contribution in [0.4, 0.5) is 0 Å². The van der Waals surface area contributed by atoms with Crippen molar-refractivity contribution in [2.75, 3.05) is 0 Å². The first-order chi connectivity index (χ1) is 17.6. The largest absolute Gasteiger partial charge is 0.379 e. The third-order valence-corrected chi connectivity index (χ3v) is 8.01. The highest BCUT2D eigenvalue weighted by atomic mass is 32.1. The van der Waals surface area contributed by atoms with Crippen LogP contribution in [0, 0.1) is 0 Å². The normalized spacial score (nSPS) is 13.5. The fourth-order valence-corrected chi connectivity index (χ4v) is 6.27. The Labute approximate surface area is 215 Å². The van der Waals surface area contributed by atoms with Crippen molar-refractivity contribution in [3.8, 4) is 0 Å². The minimum atomic E-state index is -1.26. The third kappa shape index (κ3) is 3.49. The van der Waals surface area contributed by atoms with E-state index in [1.807, 2.05) is 49.8 Å². The average molecular weight is 487 g/mol. The molecule has 0 aliphatic carbocycles. The number of nitrogens with zero attached hydrogens (tertiary/aromatic N) is 2. The minimum absolute atomic E-state index is 0.607. The fraction of sp³-hybridized carbons (Fsp3) is 0.0938. The van der Waals surface area contributed by atoms with Crippen LogP contribution in [-0.4, -0.2) is 14.7 Å². The number of aliphatic hydroxyl groups is 1. The average Bonchev–Trinajstić information content (AvgIpc) is 3.62. The van der Waals surface area contributed by atoms with E-state index in [1.54, 1.807) is 11.3 Å². The van der Waals surface area contributed by atoms with Crippen LogP contribution in [0.1, 0.15) is 34.9 Å².